The van der Waals surface area contributed by atoms with E-state index in [-0.39, 0.29) is 11.8 Å². The molecule has 8 nitrogen and oxygen atoms in total. The lowest BCUT2D eigenvalue weighted by molar-refractivity contribution is -0.112. The van der Waals surface area contributed by atoms with Crippen LogP contribution in [0.1, 0.15) is 17.3 Å². The molecule has 33 heavy (non-hydrogen) atoms. The summed E-state index contributed by atoms with van der Waals surface area (Å²) in [5.74, 6) is -0.0141. The fourth-order valence-electron chi connectivity index (χ4n) is 3.78. The maximum absolute atomic E-state index is 12.0. The second-order valence-corrected chi connectivity index (χ2v) is 7.71. The number of nitrogens with one attached hydrogen (secondary N) is 2. The van der Waals surface area contributed by atoms with Gasteiger partial charge in [0.05, 0.1) is 11.1 Å². The molecule has 8 heteroatoms. The minimum Gasteiger partial charge on any atom is -0.383 e. The maximum Gasteiger partial charge on any atom is 0.251 e. The van der Waals surface area contributed by atoms with Crippen LogP contribution in [-0.4, -0.2) is 33.4 Å². The summed E-state index contributed by atoms with van der Waals surface area (Å²) in [5.41, 5.74) is 12.2. The molecule has 2 heterocycles. The number of aryl methyl sites for hydroxylation is 1. The van der Waals surface area contributed by atoms with Crippen molar-refractivity contribution in [1.82, 2.24) is 19.9 Å². The fourth-order valence-corrected chi connectivity index (χ4v) is 3.78. The summed E-state index contributed by atoms with van der Waals surface area (Å²) in [5, 5.41) is 6.18. The Hall–Kier alpha value is -4.46. The van der Waals surface area contributed by atoms with E-state index < -0.39 is 0 Å². The molecule has 4 aromatic rings. The number of hydrogen-bond donors (Lipinski definition) is 3. The molecule has 0 bridgehead atoms. The lowest BCUT2D eigenvalue weighted by Crippen LogP contribution is -2.17. The summed E-state index contributed by atoms with van der Waals surface area (Å²) < 4.78 is 1.97. The smallest absolute Gasteiger partial charge is 0.251 e. The first-order valence-electron chi connectivity index (χ1n) is 10.3. The minimum atomic E-state index is -0.229. The maximum atomic E-state index is 12.0. The number of benzene rings is 2. The van der Waals surface area contributed by atoms with Crippen LogP contribution in [0.4, 0.5) is 11.5 Å². The van der Waals surface area contributed by atoms with Gasteiger partial charge in [0.1, 0.15) is 17.8 Å². The van der Waals surface area contributed by atoms with Crippen LogP contribution < -0.4 is 16.4 Å². The van der Waals surface area contributed by atoms with Crippen molar-refractivity contribution in [1.29, 1.82) is 0 Å². The largest absolute Gasteiger partial charge is 0.383 e. The van der Waals surface area contributed by atoms with E-state index in [0.29, 0.717) is 28.3 Å². The van der Waals surface area contributed by atoms with Gasteiger partial charge in [-0.2, -0.15) is 0 Å². The number of hydrogen-bond acceptors (Lipinski definition) is 5. The molecular formula is C25H24N6O2. The molecule has 0 aliphatic rings. The van der Waals surface area contributed by atoms with E-state index in [0.717, 1.165) is 27.8 Å². The second-order valence-electron chi connectivity index (χ2n) is 7.71. The first-order valence-corrected chi connectivity index (χ1v) is 10.3. The molecule has 0 aliphatic heterocycles. The predicted octanol–water partition coefficient (Wildman–Crippen LogP) is 3.76. The second kappa shape index (κ2) is 8.58. The van der Waals surface area contributed by atoms with Crippen LogP contribution >= 0.6 is 0 Å². The Kier molecular flexibility index (Phi) is 5.66. The van der Waals surface area contributed by atoms with E-state index in [1.54, 1.807) is 26.1 Å². The number of fused-ring (bicyclic) bond motifs is 1. The molecule has 4 rings (SSSR count). The van der Waals surface area contributed by atoms with E-state index in [1.165, 1.54) is 6.33 Å². The zero-order chi connectivity index (χ0) is 23.7. The van der Waals surface area contributed by atoms with E-state index >= 15 is 0 Å². The molecule has 2 amide bonds. The molecule has 0 radical (unpaired) electrons. The van der Waals surface area contributed by atoms with Crippen LogP contribution in [0.15, 0.2) is 67.0 Å². The summed E-state index contributed by atoms with van der Waals surface area (Å²) in [6, 6.07) is 14.8. The zero-order valence-electron chi connectivity index (χ0n) is 18.6. The number of nitrogens with two attached hydrogens (primary N) is 1. The van der Waals surface area contributed by atoms with Gasteiger partial charge >= 0.3 is 0 Å². The van der Waals surface area contributed by atoms with Gasteiger partial charge in [-0.1, -0.05) is 30.8 Å². The molecule has 0 atom stereocenters. The number of nitrogens with zero attached hydrogens (tertiary/aromatic N) is 3. The van der Waals surface area contributed by atoms with Crippen LogP contribution in [0, 0.1) is 0 Å². The highest BCUT2D eigenvalue weighted by molar-refractivity contribution is 6.08. The van der Waals surface area contributed by atoms with Crippen LogP contribution in [0.3, 0.4) is 0 Å². The van der Waals surface area contributed by atoms with Gasteiger partial charge in [0.25, 0.3) is 11.8 Å². The van der Waals surface area contributed by atoms with E-state index in [9.17, 15) is 9.59 Å². The highest BCUT2D eigenvalue weighted by Crippen LogP contribution is 2.41. The SMILES string of the molecule is C=C(C)C(=O)Nc1ccc(-c2c(-c3ccc(C(=O)NC)cc3)c3c(N)ncnc3n2C)cc1. The van der Waals surface area contributed by atoms with Crippen LogP contribution in [0.25, 0.3) is 33.4 Å². The number of carbonyl (C=O) groups is 2. The lowest BCUT2D eigenvalue weighted by atomic mass is 9.97. The highest BCUT2D eigenvalue weighted by Gasteiger charge is 2.22. The van der Waals surface area contributed by atoms with Crippen molar-refractivity contribution in [3.05, 3.63) is 72.6 Å². The molecule has 166 valence electrons. The quantitative estimate of drug-likeness (QED) is 0.409. The van der Waals surface area contributed by atoms with Crippen LogP contribution in [0.5, 0.6) is 0 Å². The van der Waals surface area contributed by atoms with Crippen molar-refractivity contribution in [3.8, 4) is 22.4 Å². The van der Waals surface area contributed by atoms with E-state index in [1.807, 2.05) is 48.0 Å². The topological polar surface area (TPSA) is 115 Å². The zero-order valence-corrected chi connectivity index (χ0v) is 18.6. The molecule has 0 aliphatic carbocycles. The third kappa shape index (κ3) is 3.94. The number of carbonyl (C=O) groups excluding carboxylic acids is 2. The third-order valence-electron chi connectivity index (χ3n) is 5.46. The molecule has 0 spiro atoms. The monoisotopic (exact) mass is 440 g/mol. The van der Waals surface area contributed by atoms with Gasteiger partial charge in [-0.3, -0.25) is 9.59 Å². The van der Waals surface area contributed by atoms with Gasteiger partial charge in [0, 0.05) is 36.5 Å². The molecule has 0 saturated carbocycles. The standard InChI is InChI=1S/C25H24N6O2/c1-14(2)24(32)30-18-11-9-16(10-12-18)21-19(15-5-7-17(8-6-15)25(33)27-3)20-22(26)28-13-29-23(20)31(21)4/h5-13H,1H2,2-4H3,(H,27,33)(H,30,32)(H2,26,28,29). The van der Waals surface area contributed by atoms with Crippen molar-refractivity contribution >= 4 is 34.4 Å². The van der Waals surface area contributed by atoms with Crippen molar-refractivity contribution < 1.29 is 9.59 Å². The Labute approximate surface area is 191 Å². The van der Waals surface area contributed by atoms with Gasteiger partial charge in [-0.15, -0.1) is 0 Å². The number of anilines is 2. The van der Waals surface area contributed by atoms with Gasteiger partial charge in [0.2, 0.25) is 0 Å². The van der Waals surface area contributed by atoms with Gasteiger partial charge in [-0.05, 0) is 42.3 Å². The molecule has 0 fully saturated rings. The van der Waals surface area contributed by atoms with Crippen molar-refractivity contribution in [2.45, 2.75) is 6.92 Å². The Balaban J connectivity index is 1.88. The van der Waals surface area contributed by atoms with Crippen LogP contribution in [0.2, 0.25) is 0 Å². The molecular weight excluding hydrogens is 416 g/mol. The molecule has 0 saturated heterocycles. The summed E-state index contributed by atoms with van der Waals surface area (Å²) in [6.45, 7) is 5.32. The lowest BCUT2D eigenvalue weighted by Gasteiger charge is -2.11. The number of amides is 2. The van der Waals surface area contributed by atoms with E-state index in [2.05, 4.69) is 27.2 Å². The molecule has 2 aromatic heterocycles. The molecule has 0 unspecified atom stereocenters. The van der Waals surface area contributed by atoms with Crippen molar-refractivity contribution in [3.63, 3.8) is 0 Å². The number of rotatable bonds is 5. The summed E-state index contributed by atoms with van der Waals surface area (Å²) in [4.78, 5) is 32.6. The van der Waals surface area contributed by atoms with Gasteiger partial charge < -0.3 is 20.9 Å². The predicted molar refractivity (Wildman–Crippen MR) is 131 cm³/mol. The average molecular weight is 441 g/mol. The Morgan fingerprint density at radius 1 is 1.00 bits per heavy atom. The Morgan fingerprint density at radius 3 is 2.24 bits per heavy atom. The third-order valence-corrected chi connectivity index (χ3v) is 5.46. The highest BCUT2D eigenvalue weighted by atomic mass is 16.2. The van der Waals surface area contributed by atoms with Crippen molar-refractivity contribution in [2.75, 3.05) is 18.1 Å². The number of nitrogen functional groups attached to an aromatic ring is 1. The molecule has 2 aromatic carbocycles. The fraction of sp³-hybridized carbons (Fsp3) is 0.120. The normalized spacial score (nSPS) is 10.8. The summed E-state index contributed by atoms with van der Waals surface area (Å²) in [6.07, 6.45) is 1.44. The first kappa shape index (κ1) is 21.8. The minimum absolute atomic E-state index is 0.157. The average Bonchev–Trinajstić information content (AvgIpc) is 3.12. The van der Waals surface area contributed by atoms with Crippen molar-refractivity contribution in [2.24, 2.45) is 7.05 Å². The first-order chi connectivity index (χ1) is 15.8. The van der Waals surface area contributed by atoms with Gasteiger partial charge in [-0.25, -0.2) is 9.97 Å². The van der Waals surface area contributed by atoms with Crippen LogP contribution in [-0.2, 0) is 11.8 Å². The summed E-state index contributed by atoms with van der Waals surface area (Å²) >= 11 is 0. The van der Waals surface area contributed by atoms with Gasteiger partial charge in [0.15, 0.2) is 0 Å². The van der Waals surface area contributed by atoms with E-state index in [4.69, 9.17) is 5.73 Å². The number of aromatic nitrogens is 3. The molecule has 4 N–H and O–H groups in total. The summed E-state index contributed by atoms with van der Waals surface area (Å²) in [7, 11) is 3.52. The Morgan fingerprint density at radius 2 is 1.64 bits per heavy atom. The Bertz CT molecular complexity index is 1390.